The molecule has 7 heteroatoms. The van der Waals surface area contributed by atoms with Gasteiger partial charge in [-0.1, -0.05) is 31.0 Å². The van der Waals surface area contributed by atoms with Gasteiger partial charge in [-0.05, 0) is 18.6 Å². The van der Waals surface area contributed by atoms with Crippen molar-refractivity contribution in [2.24, 2.45) is 5.73 Å². The molecule has 2 aromatic rings. The Morgan fingerprint density at radius 2 is 2.26 bits per heavy atom. The first kappa shape index (κ1) is 15.4. The predicted molar refractivity (Wildman–Crippen MR) is 83.3 cm³/mol. The van der Waals surface area contributed by atoms with Gasteiger partial charge in [0.1, 0.15) is 17.5 Å². The van der Waals surface area contributed by atoms with Crippen molar-refractivity contribution in [3.8, 4) is 11.9 Å². The average molecular weight is 333 g/mol. The van der Waals surface area contributed by atoms with Crippen molar-refractivity contribution in [3.63, 3.8) is 0 Å². The van der Waals surface area contributed by atoms with Crippen LogP contribution in [0.15, 0.2) is 29.7 Å². The molecule has 1 aromatic heterocycles. The van der Waals surface area contributed by atoms with E-state index < -0.39 is 11.7 Å². The van der Waals surface area contributed by atoms with Crippen LogP contribution < -0.4 is 10.5 Å². The number of fused-ring (bicyclic) bond motifs is 1. The Morgan fingerprint density at radius 1 is 1.48 bits per heavy atom. The van der Waals surface area contributed by atoms with E-state index in [-0.39, 0.29) is 27.9 Å². The second kappa shape index (κ2) is 5.94. The molecule has 0 radical (unpaired) electrons. The van der Waals surface area contributed by atoms with E-state index in [9.17, 15) is 9.65 Å². The van der Waals surface area contributed by atoms with Crippen LogP contribution in [-0.4, -0.2) is 10.2 Å². The van der Waals surface area contributed by atoms with Crippen molar-refractivity contribution in [1.29, 1.82) is 5.26 Å². The third-order valence-electron chi connectivity index (χ3n) is 3.81. The number of aryl methyl sites for hydroxylation is 1. The van der Waals surface area contributed by atoms with Crippen LogP contribution in [0.5, 0.6) is 5.88 Å². The molecule has 0 spiro atoms. The largest absolute Gasteiger partial charge is 0.420 e. The smallest absolute Gasteiger partial charge is 0.244 e. The lowest BCUT2D eigenvalue weighted by atomic mass is 9.83. The molecule has 0 saturated carbocycles. The van der Waals surface area contributed by atoms with Crippen LogP contribution in [0.25, 0.3) is 0 Å². The first-order valence-corrected chi connectivity index (χ1v) is 7.54. The van der Waals surface area contributed by atoms with Gasteiger partial charge < -0.3 is 10.5 Å². The summed E-state index contributed by atoms with van der Waals surface area (Å²) in [5, 5.41) is 16.7. The Hall–Kier alpha value is -2.52. The van der Waals surface area contributed by atoms with Gasteiger partial charge in [0.25, 0.3) is 0 Å². The quantitative estimate of drug-likeness (QED) is 0.902. The molecule has 3 rings (SSSR count). The number of allylic oxidation sites excluding steroid dienone is 1. The van der Waals surface area contributed by atoms with E-state index in [2.05, 4.69) is 10.2 Å². The van der Waals surface area contributed by atoms with Crippen LogP contribution in [-0.2, 0) is 6.42 Å². The van der Waals surface area contributed by atoms with Crippen molar-refractivity contribution in [2.45, 2.75) is 25.7 Å². The van der Waals surface area contributed by atoms with E-state index in [0.717, 1.165) is 12.1 Å². The highest BCUT2D eigenvalue weighted by Gasteiger charge is 2.37. The monoisotopic (exact) mass is 332 g/mol. The highest BCUT2D eigenvalue weighted by molar-refractivity contribution is 6.31. The number of aromatic nitrogens is 2. The molecule has 1 aliphatic rings. The van der Waals surface area contributed by atoms with E-state index in [1.807, 2.05) is 13.0 Å². The first-order chi connectivity index (χ1) is 11.1. The molecule has 1 atom stereocenters. The number of nitrogens with zero attached hydrogens (tertiary/aromatic N) is 2. The molecule has 0 amide bonds. The molecule has 118 valence electrons. The molecule has 23 heavy (non-hydrogen) atoms. The number of H-pyrrole nitrogens is 1. The summed E-state index contributed by atoms with van der Waals surface area (Å²) in [7, 11) is 0. The summed E-state index contributed by atoms with van der Waals surface area (Å²) in [5.41, 5.74) is 7.56. The molecular weight excluding hydrogens is 319 g/mol. The minimum Gasteiger partial charge on any atom is -0.420 e. The van der Waals surface area contributed by atoms with Gasteiger partial charge in [-0.25, -0.2) is 4.39 Å². The molecule has 3 N–H and O–H groups in total. The van der Waals surface area contributed by atoms with Gasteiger partial charge in [0.05, 0.1) is 11.5 Å². The third kappa shape index (κ3) is 2.43. The average Bonchev–Trinajstić information content (AvgIpc) is 2.90. The molecule has 0 aliphatic carbocycles. The minimum absolute atomic E-state index is 0.0844. The van der Waals surface area contributed by atoms with E-state index in [1.54, 1.807) is 6.07 Å². The molecular formula is C16H14ClFN4O. The second-order valence-electron chi connectivity index (χ2n) is 5.23. The normalized spacial score (nSPS) is 16.7. The Bertz CT molecular complexity index is 817. The molecule has 1 aliphatic heterocycles. The number of nitrogens with one attached hydrogen (secondary N) is 1. The lowest BCUT2D eigenvalue weighted by Crippen LogP contribution is -2.22. The van der Waals surface area contributed by atoms with Crippen molar-refractivity contribution < 1.29 is 9.13 Å². The summed E-state index contributed by atoms with van der Waals surface area (Å²) in [5.74, 6) is -1.06. The van der Waals surface area contributed by atoms with E-state index in [4.69, 9.17) is 22.1 Å². The third-order valence-corrected chi connectivity index (χ3v) is 4.14. The maximum atomic E-state index is 14.5. The van der Waals surface area contributed by atoms with Crippen molar-refractivity contribution in [2.75, 3.05) is 0 Å². The van der Waals surface area contributed by atoms with Gasteiger partial charge in [0, 0.05) is 16.3 Å². The van der Waals surface area contributed by atoms with E-state index >= 15 is 0 Å². The number of nitriles is 1. The summed E-state index contributed by atoms with van der Waals surface area (Å²) in [6.07, 6.45) is 1.54. The van der Waals surface area contributed by atoms with Crippen molar-refractivity contribution >= 4 is 11.6 Å². The topological polar surface area (TPSA) is 87.7 Å². The first-order valence-electron chi connectivity index (χ1n) is 7.17. The molecule has 5 nitrogen and oxygen atoms in total. The molecule has 2 heterocycles. The fourth-order valence-corrected chi connectivity index (χ4v) is 3.10. The number of nitrogens with two attached hydrogens (primary N) is 1. The molecule has 0 fully saturated rings. The van der Waals surface area contributed by atoms with Gasteiger partial charge in [0.15, 0.2) is 0 Å². The summed E-state index contributed by atoms with van der Waals surface area (Å²) in [6, 6.07) is 6.43. The van der Waals surface area contributed by atoms with Crippen LogP contribution in [0, 0.1) is 17.1 Å². The summed E-state index contributed by atoms with van der Waals surface area (Å²) in [4.78, 5) is 0. The zero-order chi connectivity index (χ0) is 16.6. The molecule has 0 bridgehead atoms. The highest BCUT2D eigenvalue weighted by Crippen LogP contribution is 2.45. The van der Waals surface area contributed by atoms with Crippen LogP contribution in [0.1, 0.15) is 36.1 Å². The molecule has 0 unspecified atom stereocenters. The maximum Gasteiger partial charge on any atom is 0.244 e. The number of benzene rings is 1. The van der Waals surface area contributed by atoms with Crippen molar-refractivity contribution in [1.82, 2.24) is 10.2 Å². The van der Waals surface area contributed by atoms with Crippen LogP contribution >= 0.6 is 11.6 Å². The fraction of sp³-hybridized carbons (Fsp3) is 0.250. The van der Waals surface area contributed by atoms with Crippen LogP contribution in [0.2, 0.25) is 5.02 Å². The number of ether oxygens (including phenoxy) is 1. The second-order valence-corrected chi connectivity index (χ2v) is 5.64. The standard InChI is InChI=1S/C16H14ClFN4O/c1-2-4-11-14-12(13-9(17)5-3-6-10(13)18)8(7-19)15(20)23-16(14)22-21-11/h3,5-6,12H,2,4,20H2,1H3,(H,21,22)/t12-/m1/s1. The van der Waals surface area contributed by atoms with E-state index in [0.29, 0.717) is 12.0 Å². The lowest BCUT2D eigenvalue weighted by molar-refractivity contribution is 0.377. The Kier molecular flexibility index (Phi) is 3.97. The summed E-state index contributed by atoms with van der Waals surface area (Å²) >= 11 is 6.21. The van der Waals surface area contributed by atoms with Crippen LogP contribution in [0.3, 0.4) is 0 Å². The van der Waals surface area contributed by atoms with Gasteiger partial charge in [0.2, 0.25) is 11.8 Å². The SMILES string of the molecule is CCCc1[nH]nc2c1[C@@H](c1c(F)cccc1Cl)C(C#N)=C(N)O2. The molecule has 1 aromatic carbocycles. The van der Waals surface area contributed by atoms with Gasteiger partial charge in [-0.3, -0.25) is 5.10 Å². The fourth-order valence-electron chi connectivity index (χ4n) is 2.82. The van der Waals surface area contributed by atoms with Crippen LogP contribution in [0.4, 0.5) is 4.39 Å². The predicted octanol–water partition coefficient (Wildman–Crippen LogP) is 3.37. The number of halogens is 2. The highest BCUT2D eigenvalue weighted by atomic mass is 35.5. The number of rotatable bonds is 3. The van der Waals surface area contributed by atoms with Gasteiger partial charge in [-0.15, -0.1) is 5.10 Å². The van der Waals surface area contributed by atoms with E-state index in [1.165, 1.54) is 12.1 Å². The number of hydrogen-bond acceptors (Lipinski definition) is 4. The summed E-state index contributed by atoms with van der Waals surface area (Å²) < 4.78 is 19.9. The van der Waals surface area contributed by atoms with Gasteiger partial charge >= 0.3 is 0 Å². The Balaban J connectivity index is 2.29. The minimum atomic E-state index is -0.738. The number of hydrogen-bond donors (Lipinski definition) is 2. The van der Waals surface area contributed by atoms with Gasteiger partial charge in [-0.2, -0.15) is 5.26 Å². The zero-order valence-electron chi connectivity index (χ0n) is 12.4. The maximum absolute atomic E-state index is 14.5. The molecule has 0 saturated heterocycles. The Morgan fingerprint density at radius 3 is 2.91 bits per heavy atom. The zero-order valence-corrected chi connectivity index (χ0v) is 13.1. The number of aromatic amines is 1. The Labute approximate surface area is 137 Å². The van der Waals surface area contributed by atoms with Crippen molar-refractivity contribution in [3.05, 3.63) is 57.3 Å². The summed E-state index contributed by atoms with van der Waals surface area (Å²) in [6.45, 7) is 2.01. The lowest BCUT2D eigenvalue weighted by Gasteiger charge is -2.25.